The van der Waals surface area contributed by atoms with E-state index in [0.717, 1.165) is 11.1 Å². The number of primary amides is 1. The van der Waals surface area contributed by atoms with E-state index in [-0.39, 0.29) is 6.42 Å². The van der Waals surface area contributed by atoms with Gasteiger partial charge >= 0.3 is 0 Å². The highest BCUT2D eigenvalue weighted by atomic mass is 19.2. The van der Waals surface area contributed by atoms with Crippen LogP contribution in [0.2, 0.25) is 0 Å². The van der Waals surface area contributed by atoms with E-state index in [1.807, 2.05) is 17.6 Å². The molecule has 0 radical (unpaired) electrons. The number of carbonyl (C=O) groups is 1. The molecule has 2 N–H and O–H groups in total. The van der Waals surface area contributed by atoms with Crippen LogP contribution >= 0.6 is 0 Å². The molecule has 0 aliphatic carbocycles. The number of fused-ring (bicyclic) bond motifs is 1. The number of imidazole rings is 1. The predicted octanol–water partition coefficient (Wildman–Crippen LogP) is 3.82. The Morgan fingerprint density at radius 2 is 1.82 bits per heavy atom. The monoisotopic (exact) mass is 391 g/mol. The largest absolute Gasteiger partial charge is 0.477 e. The number of aromatic nitrogens is 2. The zero-order valence-electron chi connectivity index (χ0n) is 15.7. The van der Waals surface area contributed by atoms with E-state index < -0.39 is 34.7 Å². The summed E-state index contributed by atoms with van der Waals surface area (Å²) in [7, 11) is 0. The van der Waals surface area contributed by atoms with Crippen LogP contribution in [0.5, 0.6) is 5.75 Å². The van der Waals surface area contributed by atoms with E-state index in [2.05, 4.69) is 4.98 Å². The Morgan fingerprint density at radius 3 is 2.46 bits per heavy atom. The summed E-state index contributed by atoms with van der Waals surface area (Å²) < 4.78 is 48.3. The van der Waals surface area contributed by atoms with Crippen LogP contribution in [0.3, 0.4) is 0 Å². The first-order valence-electron chi connectivity index (χ1n) is 8.74. The molecule has 0 unspecified atom stereocenters. The Bertz CT molecular complexity index is 1060. The van der Waals surface area contributed by atoms with E-state index in [9.17, 15) is 18.0 Å². The molecule has 1 aromatic heterocycles. The first kappa shape index (κ1) is 19.7. The second-order valence-corrected chi connectivity index (χ2v) is 6.95. The molecule has 1 heterocycles. The van der Waals surface area contributed by atoms with Gasteiger partial charge in [0, 0.05) is 18.7 Å². The Balaban J connectivity index is 2.05. The molecule has 0 spiro atoms. The number of hydrogen-bond acceptors (Lipinski definition) is 3. The summed E-state index contributed by atoms with van der Waals surface area (Å²) in [6, 6.07) is 6.48. The maximum atomic E-state index is 14.0. The second-order valence-electron chi connectivity index (χ2n) is 6.95. The quantitative estimate of drug-likeness (QED) is 0.650. The Hall–Kier alpha value is -3.03. The maximum Gasteiger partial charge on any atom is 0.221 e. The summed E-state index contributed by atoms with van der Waals surface area (Å²) in [5, 5.41) is 0. The maximum absolute atomic E-state index is 14.0. The van der Waals surface area contributed by atoms with E-state index in [1.54, 1.807) is 26.0 Å². The summed E-state index contributed by atoms with van der Waals surface area (Å²) >= 11 is 0. The van der Waals surface area contributed by atoms with E-state index in [0.29, 0.717) is 30.0 Å². The molecular formula is C20H20F3N3O2. The molecule has 8 heteroatoms. The van der Waals surface area contributed by atoms with Crippen molar-refractivity contribution >= 4 is 16.9 Å². The smallest absolute Gasteiger partial charge is 0.221 e. The van der Waals surface area contributed by atoms with Gasteiger partial charge in [-0.2, -0.15) is 0 Å². The molecule has 28 heavy (non-hydrogen) atoms. The lowest BCUT2D eigenvalue weighted by Gasteiger charge is -2.27. The summed E-state index contributed by atoms with van der Waals surface area (Å²) in [4.78, 5) is 15.7. The van der Waals surface area contributed by atoms with Crippen LogP contribution in [0.1, 0.15) is 32.2 Å². The number of rotatable bonds is 6. The zero-order chi connectivity index (χ0) is 20.6. The third kappa shape index (κ3) is 3.67. The molecule has 0 saturated heterocycles. The van der Waals surface area contributed by atoms with Gasteiger partial charge in [-0.3, -0.25) is 4.79 Å². The lowest BCUT2D eigenvalue weighted by molar-refractivity contribution is -0.117. The Labute approximate surface area is 159 Å². The number of ether oxygens (including phenoxy) is 1. The molecule has 0 atom stereocenters. The van der Waals surface area contributed by atoms with Gasteiger partial charge in [0.05, 0.1) is 17.5 Å². The van der Waals surface area contributed by atoms with E-state index in [1.165, 1.54) is 0 Å². The topological polar surface area (TPSA) is 70.1 Å². The first-order valence-corrected chi connectivity index (χ1v) is 8.74. The number of nitrogens with zero attached hydrogens (tertiary/aromatic N) is 2. The summed E-state index contributed by atoms with van der Waals surface area (Å²) in [6.45, 7) is 5.78. The number of amides is 1. The van der Waals surface area contributed by atoms with Gasteiger partial charge in [-0.05, 0) is 38.5 Å². The number of hydrogen-bond donors (Lipinski definition) is 1. The van der Waals surface area contributed by atoms with Gasteiger partial charge in [-0.15, -0.1) is 0 Å². The minimum absolute atomic E-state index is 0.0875. The average Bonchev–Trinajstić information content (AvgIpc) is 2.97. The van der Waals surface area contributed by atoms with Crippen LogP contribution in [0.25, 0.3) is 11.0 Å². The van der Waals surface area contributed by atoms with Crippen molar-refractivity contribution in [1.82, 2.24) is 9.55 Å². The van der Waals surface area contributed by atoms with Crippen LogP contribution < -0.4 is 10.5 Å². The first-order chi connectivity index (χ1) is 13.1. The number of carbonyl (C=O) groups excluding carboxylic acids is 1. The normalized spacial score (nSPS) is 11.8. The van der Waals surface area contributed by atoms with Crippen molar-refractivity contribution in [2.75, 3.05) is 0 Å². The van der Waals surface area contributed by atoms with Crippen LogP contribution in [0, 0.1) is 17.5 Å². The van der Waals surface area contributed by atoms with Crippen molar-refractivity contribution in [2.24, 2.45) is 5.73 Å². The number of aryl methyl sites for hydroxylation is 1. The van der Waals surface area contributed by atoms with Gasteiger partial charge in [-0.25, -0.2) is 18.2 Å². The molecule has 148 valence electrons. The lowest BCUT2D eigenvalue weighted by atomic mass is 10.1. The fraction of sp³-hybridized carbons (Fsp3) is 0.300. The van der Waals surface area contributed by atoms with Crippen molar-refractivity contribution in [3.63, 3.8) is 0 Å². The van der Waals surface area contributed by atoms with Gasteiger partial charge < -0.3 is 15.0 Å². The van der Waals surface area contributed by atoms with Crippen molar-refractivity contribution in [2.45, 2.75) is 39.3 Å². The van der Waals surface area contributed by atoms with Crippen LogP contribution in [-0.4, -0.2) is 15.5 Å². The minimum atomic E-state index is -1.29. The van der Waals surface area contributed by atoms with Gasteiger partial charge in [0.2, 0.25) is 5.91 Å². The van der Waals surface area contributed by atoms with Crippen molar-refractivity contribution in [3.8, 4) is 5.75 Å². The number of benzene rings is 2. The summed E-state index contributed by atoms with van der Waals surface area (Å²) in [5.41, 5.74) is 6.24. The number of nitrogens with two attached hydrogens (primary N) is 1. The molecule has 1 amide bonds. The Kier molecular flexibility index (Phi) is 5.06. The molecule has 0 aliphatic rings. The summed E-state index contributed by atoms with van der Waals surface area (Å²) in [5.74, 6) is -3.88. The third-order valence-corrected chi connectivity index (χ3v) is 4.39. The highest BCUT2D eigenvalue weighted by Gasteiger charge is 2.31. The van der Waals surface area contributed by atoms with Crippen molar-refractivity contribution < 1.29 is 22.7 Å². The van der Waals surface area contributed by atoms with Gasteiger partial charge in [0.1, 0.15) is 0 Å². The standard InChI is InChI=1S/C20H20F3N3O2/c1-4-26-16-6-5-11(8-18(24)27)7-15(16)25-19(26)20(2,3)28-17-10-13(22)12(21)9-14(17)23/h5-7,9-10H,4,8H2,1-3H3,(H2,24,27). The molecule has 0 fully saturated rings. The molecule has 0 saturated carbocycles. The third-order valence-electron chi connectivity index (χ3n) is 4.39. The highest BCUT2D eigenvalue weighted by molar-refractivity contribution is 5.81. The summed E-state index contributed by atoms with van der Waals surface area (Å²) in [6.07, 6.45) is 0.0875. The molecule has 0 bridgehead atoms. The molecule has 5 nitrogen and oxygen atoms in total. The number of halogens is 3. The fourth-order valence-corrected chi connectivity index (χ4v) is 3.17. The van der Waals surface area contributed by atoms with Crippen LogP contribution in [0.15, 0.2) is 30.3 Å². The SMILES string of the molecule is CCn1c(C(C)(C)Oc2cc(F)c(F)cc2F)nc2cc(CC(N)=O)ccc21. The molecule has 2 aromatic carbocycles. The highest BCUT2D eigenvalue weighted by Crippen LogP contribution is 2.32. The second kappa shape index (κ2) is 7.18. The predicted molar refractivity (Wildman–Crippen MR) is 98.3 cm³/mol. The molecule has 3 rings (SSSR count). The van der Waals surface area contributed by atoms with Crippen molar-refractivity contribution in [1.29, 1.82) is 0 Å². The van der Waals surface area contributed by atoms with Crippen molar-refractivity contribution in [3.05, 3.63) is 59.2 Å². The van der Waals surface area contributed by atoms with Gasteiger partial charge in [0.25, 0.3) is 0 Å². The van der Waals surface area contributed by atoms with Gasteiger partial charge in [0.15, 0.2) is 34.6 Å². The molecule has 3 aromatic rings. The molecule has 0 aliphatic heterocycles. The van der Waals surface area contributed by atoms with E-state index >= 15 is 0 Å². The van der Waals surface area contributed by atoms with Gasteiger partial charge in [-0.1, -0.05) is 6.07 Å². The minimum Gasteiger partial charge on any atom is -0.477 e. The van der Waals surface area contributed by atoms with Crippen LogP contribution in [0.4, 0.5) is 13.2 Å². The van der Waals surface area contributed by atoms with Crippen LogP contribution in [-0.2, 0) is 23.4 Å². The van der Waals surface area contributed by atoms with E-state index in [4.69, 9.17) is 10.5 Å². The Morgan fingerprint density at radius 1 is 1.14 bits per heavy atom. The lowest BCUT2D eigenvalue weighted by Crippen LogP contribution is -2.30. The fourth-order valence-electron chi connectivity index (χ4n) is 3.17. The zero-order valence-corrected chi connectivity index (χ0v) is 15.7. The molecular weight excluding hydrogens is 371 g/mol. The average molecular weight is 391 g/mol.